The highest BCUT2D eigenvalue weighted by Crippen LogP contribution is 2.72. The van der Waals surface area contributed by atoms with E-state index in [1.807, 2.05) is 0 Å². The SMILES string of the molecule is CC1=C[C@H]2O[C@@H]3C[C@H]4OC(=O)/C=C\C=C\C56OCC7(CC5OC(=O)C6O)OC7C(=O)OC[C@@]2(CC1)[C@]4(C)[C@@]31CO1. The molecular formula is C29H32O11. The van der Waals surface area contributed by atoms with Gasteiger partial charge in [-0.05, 0) is 25.8 Å². The Kier molecular flexibility index (Phi) is 4.92. The number of allylic oxidation sites excluding steroid dienone is 3. The number of aliphatic hydroxyl groups excluding tert-OH is 1. The normalized spacial score (nSPS) is 55.6. The first-order valence-corrected chi connectivity index (χ1v) is 14.0. The molecule has 0 aromatic heterocycles. The molecule has 0 amide bonds. The van der Waals surface area contributed by atoms with Crippen molar-refractivity contribution < 1.29 is 52.6 Å². The van der Waals surface area contributed by atoms with E-state index in [-0.39, 0.29) is 31.8 Å². The molecule has 40 heavy (non-hydrogen) atoms. The molecule has 11 atom stereocenters. The maximum Gasteiger partial charge on any atom is 0.338 e. The Morgan fingerprint density at radius 3 is 2.60 bits per heavy atom. The summed E-state index contributed by atoms with van der Waals surface area (Å²) in [5.74, 6) is -1.89. The van der Waals surface area contributed by atoms with Crippen LogP contribution in [-0.4, -0.2) is 96.3 Å². The Labute approximate surface area is 230 Å². The lowest BCUT2D eigenvalue weighted by Crippen LogP contribution is -2.66. The van der Waals surface area contributed by atoms with Crippen molar-refractivity contribution in [3.05, 3.63) is 36.0 Å². The minimum absolute atomic E-state index is 0.0374. The highest BCUT2D eigenvalue weighted by Gasteiger charge is 2.83. The Morgan fingerprint density at radius 1 is 0.975 bits per heavy atom. The third kappa shape index (κ3) is 2.94. The van der Waals surface area contributed by atoms with Crippen LogP contribution in [0.4, 0.5) is 0 Å². The molecule has 2 aliphatic carbocycles. The van der Waals surface area contributed by atoms with Crippen LogP contribution in [0.5, 0.6) is 0 Å². The van der Waals surface area contributed by atoms with Crippen molar-refractivity contribution in [2.45, 2.75) is 93.0 Å². The van der Waals surface area contributed by atoms with Gasteiger partial charge in [-0.15, -0.1) is 0 Å². The molecule has 7 aliphatic heterocycles. The van der Waals surface area contributed by atoms with Crippen LogP contribution in [0.3, 0.4) is 0 Å². The van der Waals surface area contributed by atoms with Crippen LogP contribution in [0.25, 0.3) is 0 Å². The van der Waals surface area contributed by atoms with E-state index in [0.29, 0.717) is 19.4 Å². The largest absolute Gasteiger partial charge is 0.463 e. The third-order valence-electron chi connectivity index (χ3n) is 11.1. The number of carbonyl (C=O) groups is 3. The minimum atomic E-state index is -1.55. The zero-order valence-corrected chi connectivity index (χ0v) is 22.3. The van der Waals surface area contributed by atoms with Crippen molar-refractivity contribution >= 4 is 17.9 Å². The molecule has 11 heteroatoms. The summed E-state index contributed by atoms with van der Waals surface area (Å²) >= 11 is 0. The van der Waals surface area contributed by atoms with Crippen molar-refractivity contribution in [1.29, 1.82) is 0 Å². The summed E-state index contributed by atoms with van der Waals surface area (Å²) in [5, 5.41) is 10.6. The fourth-order valence-electron chi connectivity index (χ4n) is 8.55. The van der Waals surface area contributed by atoms with E-state index in [1.165, 1.54) is 29.9 Å². The zero-order chi connectivity index (χ0) is 27.7. The summed E-state index contributed by atoms with van der Waals surface area (Å²) in [6, 6.07) is 0. The number of aliphatic hydroxyl groups is 1. The molecule has 4 spiro atoms. The number of fused-ring (bicyclic) bond motifs is 6. The van der Waals surface area contributed by atoms with Gasteiger partial charge in [-0.25, -0.2) is 14.4 Å². The predicted octanol–water partition coefficient (Wildman–Crippen LogP) is 0.823. The predicted molar refractivity (Wildman–Crippen MR) is 131 cm³/mol. The Hall–Kier alpha value is -2.57. The number of hydrogen-bond donors (Lipinski definition) is 1. The van der Waals surface area contributed by atoms with Gasteiger partial charge in [0.15, 0.2) is 17.8 Å². The summed E-state index contributed by atoms with van der Waals surface area (Å²) in [7, 11) is 0. The molecule has 5 unspecified atom stereocenters. The molecule has 4 bridgehead atoms. The zero-order valence-electron chi connectivity index (χ0n) is 22.3. The molecule has 1 saturated carbocycles. The van der Waals surface area contributed by atoms with Crippen LogP contribution in [0.2, 0.25) is 0 Å². The van der Waals surface area contributed by atoms with Gasteiger partial charge >= 0.3 is 17.9 Å². The quantitative estimate of drug-likeness (QED) is 0.196. The van der Waals surface area contributed by atoms with E-state index in [0.717, 1.165) is 6.42 Å². The second-order valence-corrected chi connectivity index (χ2v) is 12.8. The van der Waals surface area contributed by atoms with Crippen LogP contribution in [0.1, 0.15) is 39.5 Å². The van der Waals surface area contributed by atoms with E-state index in [1.54, 1.807) is 0 Å². The van der Waals surface area contributed by atoms with Gasteiger partial charge in [0.25, 0.3) is 0 Å². The van der Waals surface area contributed by atoms with Gasteiger partial charge in [-0.1, -0.05) is 30.7 Å². The van der Waals surface area contributed by atoms with Gasteiger partial charge < -0.3 is 38.3 Å². The lowest BCUT2D eigenvalue weighted by Gasteiger charge is -2.58. The summed E-state index contributed by atoms with van der Waals surface area (Å²) < 4.78 is 42.3. The fourth-order valence-corrected chi connectivity index (χ4v) is 8.55. The lowest BCUT2D eigenvalue weighted by molar-refractivity contribution is -0.233. The molecule has 0 radical (unpaired) electrons. The van der Waals surface area contributed by atoms with Gasteiger partial charge in [-0.2, -0.15) is 0 Å². The Bertz CT molecular complexity index is 1300. The topological polar surface area (TPSA) is 143 Å². The molecule has 0 aromatic carbocycles. The fraction of sp³-hybridized carbons (Fsp3) is 0.690. The minimum Gasteiger partial charge on any atom is -0.463 e. The standard InChI is InChI=1S/C29H32O11/c1-15-6-8-26-12-34-24(33)22-27(40-22)11-19-28(35-13-27,21(31)23(32)39-19)7-4-3-5-20(30)38-16-10-18(37-17(26)9-15)29(14-36-29)25(16,26)2/h3-5,7,9,16-19,21-22,31H,6,8,10-14H2,1-2H3/b5-3-,7-4+/t16-,17-,18-,19?,21?,22?,25-,26-,27?,28?,29-/m1/s1. The summed E-state index contributed by atoms with van der Waals surface area (Å²) in [6.07, 6.45) is 5.60. The van der Waals surface area contributed by atoms with Crippen molar-refractivity contribution in [3.63, 3.8) is 0 Å². The van der Waals surface area contributed by atoms with Gasteiger partial charge in [0.1, 0.15) is 30.0 Å². The highest BCUT2D eigenvalue weighted by molar-refractivity contribution is 5.83. The lowest BCUT2D eigenvalue weighted by atomic mass is 9.51. The molecule has 11 nitrogen and oxygen atoms in total. The number of rotatable bonds is 0. The molecule has 0 aromatic rings. The van der Waals surface area contributed by atoms with E-state index < -0.39 is 70.0 Å². The highest BCUT2D eigenvalue weighted by atomic mass is 16.7. The van der Waals surface area contributed by atoms with Gasteiger partial charge in [0, 0.05) is 24.3 Å². The summed E-state index contributed by atoms with van der Waals surface area (Å²) in [5.41, 5.74) is -3.26. The average Bonchev–Trinajstić information content (AvgIpc) is 3.82. The second-order valence-electron chi connectivity index (χ2n) is 12.8. The van der Waals surface area contributed by atoms with Crippen LogP contribution in [0.15, 0.2) is 36.0 Å². The van der Waals surface area contributed by atoms with Crippen molar-refractivity contribution in [3.8, 4) is 0 Å². The van der Waals surface area contributed by atoms with Gasteiger partial charge in [0.2, 0.25) is 0 Å². The van der Waals surface area contributed by atoms with Crippen molar-refractivity contribution in [2.24, 2.45) is 10.8 Å². The average molecular weight is 557 g/mol. The maximum absolute atomic E-state index is 13.5. The van der Waals surface area contributed by atoms with Crippen LogP contribution >= 0.6 is 0 Å². The number of carbonyl (C=O) groups excluding carboxylic acids is 3. The number of epoxide rings is 2. The number of ether oxygens (including phenoxy) is 7. The molecule has 214 valence electrons. The summed E-state index contributed by atoms with van der Waals surface area (Å²) in [6.45, 7) is 4.65. The van der Waals surface area contributed by atoms with Crippen LogP contribution in [0, 0.1) is 10.8 Å². The maximum atomic E-state index is 13.5. The first-order valence-electron chi connectivity index (χ1n) is 14.0. The summed E-state index contributed by atoms with van der Waals surface area (Å²) in [4.78, 5) is 38.9. The van der Waals surface area contributed by atoms with Crippen LogP contribution < -0.4 is 0 Å². The van der Waals surface area contributed by atoms with E-state index in [4.69, 9.17) is 33.2 Å². The molecule has 9 rings (SSSR count). The monoisotopic (exact) mass is 556 g/mol. The van der Waals surface area contributed by atoms with Gasteiger partial charge in [-0.3, -0.25) is 0 Å². The van der Waals surface area contributed by atoms with E-state index >= 15 is 0 Å². The number of hydrogen-bond acceptors (Lipinski definition) is 11. The molecule has 5 saturated heterocycles. The first kappa shape index (κ1) is 25.2. The van der Waals surface area contributed by atoms with Gasteiger partial charge in [0.05, 0.1) is 30.8 Å². The molecule has 7 heterocycles. The van der Waals surface area contributed by atoms with Crippen molar-refractivity contribution in [1.82, 2.24) is 0 Å². The third-order valence-corrected chi connectivity index (χ3v) is 11.1. The van der Waals surface area contributed by atoms with Crippen molar-refractivity contribution in [2.75, 3.05) is 19.8 Å². The van der Waals surface area contributed by atoms with Crippen LogP contribution in [-0.2, 0) is 47.5 Å². The Morgan fingerprint density at radius 2 is 1.80 bits per heavy atom. The molecular weight excluding hydrogens is 524 g/mol. The molecule has 6 fully saturated rings. The first-order chi connectivity index (χ1) is 19.1. The van der Waals surface area contributed by atoms with E-state index in [9.17, 15) is 19.5 Å². The number of esters is 3. The second kappa shape index (κ2) is 7.83. The van der Waals surface area contributed by atoms with E-state index in [2.05, 4.69) is 19.9 Å². The smallest absolute Gasteiger partial charge is 0.338 e. The Balaban J connectivity index is 1.19. The molecule has 1 N–H and O–H groups in total. The molecule has 9 aliphatic rings.